The zero-order chi connectivity index (χ0) is 13.9. The first kappa shape index (κ1) is 13.6. The maximum absolute atomic E-state index is 11.9. The molecule has 8 heteroatoms. The van der Waals surface area contributed by atoms with Gasteiger partial charge in [0.1, 0.15) is 5.51 Å². The predicted octanol–water partition coefficient (Wildman–Crippen LogP) is -0.739. The fourth-order valence-corrected chi connectivity index (χ4v) is 3.07. The third-order valence-corrected chi connectivity index (χ3v) is 4.18. The van der Waals surface area contributed by atoms with Gasteiger partial charge in [-0.3, -0.25) is 14.6 Å². The van der Waals surface area contributed by atoms with Crippen LogP contribution < -0.4 is 5.56 Å². The van der Waals surface area contributed by atoms with Crippen molar-refractivity contribution < 1.29 is 5.11 Å². The fourth-order valence-electron chi connectivity index (χ4n) is 2.42. The predicted molar refractivity (Wildman–Crippen MR) is 75.9 cm³/mol. The molecule has 2 aromatic heterocycles. The Morgan fingerprint density at radius 3 is 2.75 bits per heavy atom. The largest absolute Gasteiger partial charge is 0.395 e. The Bertz CT molecular complexity index is 632. The van der Waals surface area contributed by atoms with Crippen molar-refractivity contribution in [2.24, 2.45) is 0 Å². The summed E-state index contributed by atoms with van der Waals surface area (Å²) in [5, 5.41) is 12.9. The van der Waals surface area contributed by atoms with E-state index in [0.29, 0.717) is 11.5 Å². The Labute approximate surface area is 120 Å². The average molecular weight is 295 g/mol. The minimum atomic E-state index is -0.120. The van der Waals surface area contributed by atoms with Crippen molar-refractivity contribution in [3.8, 4) is 0 Å². The molecule has 7 nitrogen and oxygen atoms in total. The molecule has 0 bridgehead atoms. The van der Waals surface area contributed by atoms with E-state index in [-0.39, 0.29) is 12.2 Å². The van der Waals surface area contributed by atoms with Gasteiger partial charge in [-0.15, -0.1) is 0 Å². The second-order valence-corrected chi connectivity index (χ2v) is 5.67. The highest BCUT2D eigenvalue weighted by molar-refractivity contribution is 7.14. The number of fused-ring (bicyclic) bond motifs is 1. The Kier molecular flexibility index (Phi) is 4.06. The van der Waals surface area contributed by atoms with Crippen LogP contribution in [0.1, 0.15) is 5.69 Å². The highest BCUT2D eigenvalue weighted by Gasteiger charge is 2.17. The minimum absolute atomic E-state index is 0.120. The number of piperazine rings is 1. The SMILES string of the molecule is O=c1cc(CN2CCN(CCO)CC2)nc2scnn12. The van der Waals surface area contributed by atoms with Crippen LogP contribution in [0.25, 0.3) is 4.96 Å². The lowest BCUT2D eigenvalue weighted by Gasteiger charge is -2.34. The number of β-amino-alcohol motifs (C(OH)–C–C–N with tert-alkyl or cyclic N) is 1. The van der Waals surface area contributed by atoms with Crippen molar-refractivity contribution in [1.29, 1.82) is 0 Å². The highest BCUT2D eigenvalue weighted by atomic mass is 32.1. The number of rotatable bonds is 4. The number of aliphatic hydroxyl groups is 1. The summed E-state index contributed by atoms with van der Waals surface area (Å²) in [7, 11) is 0. The zero-order valence-corrected chi connectivity index (χ0v) is 11.9. The molecule has 1 N–H and O–H groups in total. The molecule has 0 saturated carbocycles. The van der Waals surface area contributed by atoms with Crippen molar-refractivity contribution in [3.63, 3.8) is 0 Å². The van der Waals surface area contributed by atoms with Crippen LogP contribution in [0.15, 0.2) is 16.4 Å². The Morgan fingerprint density at radius 1 is 1.25 bits per heavy atom. The summed E-state index contributed by atoms with van der Waals surface area (Å²) < 4.78 is 1.33. The fraction of sp³-hybridized carbons (Fsp3) is 0.583. The first-order chi connectivity index (χ1) is 9.76. The first-order valence-corrected chi connectivity index (χ1v) is 7.52. The number of nitrogens with zero attached hydrogens (tertiary/aromatic N) is 5. The van der Waals surface area contributed by atoms with E-state index in [2.05, 4.69) is 19.9 Å². The first-order valence-electron chi connectivity index (χ1n) is 6.64. The van der Waals surface area contributed by atoms with Crippen LogP contribution in [0.4, 0.5) is 0 Å². The van der Waals surface area contributed by atoms with Gasteiger partial charge in [-0.05, 0) is 0 Å². The maximum Gasteiger partial charge on any atom is 0.275 e. The lowest BCUT2D eigenvalue weighted by molar-refractivity contribution is 0.107. The number of aromatic nitrogens is 3. The summed E-state index contributed by atoms with van der Waals surface area (Å²) in [5.41, 5.74) is 2.31. The van der Waals surface area contributed by atoms with E-state index in [1.807, 2.05) is 0 Å². The van der Waals surface area contributed by atoms with Crippen molar-refractivity contribution in [3.05, 3.63) is 27.6 Å². The van der Waals surface area contributed by atoms with Crippen LogP contribution in [-0.4, -0.2) is 68.8 Å². The van der Waals surface area contributed by atoms with Gasteiger partial charge >= 0.3 is 0 Å². The summed E-state index contributed by atoms with van der Waals surface area (Å²) in [6, 6.07) is 1.56. The molecule has 108 valence electrons. The van der Waals surface area contributed by atoms with E-state index in [4.69, 9.17) is 5.11 Å². The van der Waals surface area contributed by atoms with Gasteiger partial charge in [0.25, 0.3) is 5.56 Å². The molecule has 3 rings (SSSR count). The molecule has 1 aliphatic heterocycles. The zero-order valence-electron chi connectivity index (χ0n) is 11.1. The van der Waals surface area contributed by atoms with Crippen molar-refractivity contribution in [2.75, 3.05) is 39.3 Å². The molecule has 20 heavy (non-hydrogen) atoms. The molecule has 0 radical (unpaired) electrons. The van der Waals surface area contributed by atoms with Crippen LogP contribution in [0.5, 0.6) is 0 Å². The van der Waals surface area contributed by atoms with E-state index < -0.39 is 0 Å². The van der Waals surface area contributed by atoms with E-state index in [1.165, 1.54) is 15.9 Å². The van der Waals surface area contributed by atoms with Gasteiger partial charge in [-0.2, -0.15) is 9.61 Å². The standard InChI is InChI=1S/C12H17N5O2S/c18-6-5-15-1-3-16(4-2-15)8-10-7-11(19)17-12(14-10)20-9-13-17/h7,9,18H,1-6,8H2. The second kappa shape index (κ2) is 5.96. The quantitative estimate of drug-likeness (QED) is 0.801. The molecule has 2 aromatic rings. The van der Waals surface area contributed by atoms with Gasteiger partial charge < -0.3 is 5.11 Å². The van der Waals surface area contributed by atoms with Gasteiger partial charge in [0.2, 0.25) is 4.96 Å². The Balaban J connectivity index is 1.66. The summed E-state index contributed by atoms with van der Waals surface area (Å²) in [4.78, 5) is 21.5. The molecule has 0 aliphatic carbocycles. The van der Waals surface area contributed by atoms with Crippen LogP contribution in [0, 0.1) is 0 Å². The number of hydrogen-bond donors (Lipinski definition) is 1. The van der Waals surface area contributed by atoms with E-state index in [9.17, 15) is 4.79 Å². The molecule has 0 amide bonds. The van der Waals surface area contributed by atoms with Gasteiger partial charge in [-0.25, -0.2) is 4.98 Å². The van der Waals surface area contributed by atoms with Crippen molar-refractivity contribution in [1.82, 2.24) is 24.4 Å². The third-order valence-electron chi connectivity index (χ3n) is 3.51. The van der Waals surface area contributed by atoms with Crippen molar-refractivity contribution >= 4 is 16.3 Å². The number of hydrogen-bond acceptors (Lipinski definition) is 7. The third kappa shape index (κ3) is 2.88. The molecule has 3 heterocycles. The minimum Gasteiger partial charge on any atom is -0.395 e. The van der Waals surface area contributed by atoms with Crippen LogP contribution in [-0.2, 0) is 6.54 Å². The molecule has 0 unspecified atom stereocenters. The van der Waals surface area contributed by atoms with Crippen molar-refractivity contribution in [2.45, 2.75) is 6.54 Å². The molecule has 1 aliphatic rings. The van der Waals surface area contributed by atoms with Gasteiger partial charge in [0.05, 0.1) is 12.3 Å². The Morgan fingerprint density at radius 2 is 2.00 bits per heavy atom. The lowest BCUT2D eigenvalue weighted by atomic mass is 10.3. The molecule has 0 aromatic carbocycles. The van der Waals surface area contributed by atoms with Gasteiger partial charge in [-0.1, -0.05) is 11.3 Å². The second-order valence-electron chi connectivity index (χ2n) is 4.86. The highest BCUT2D eigenvalue weighted by Crippen LogP contribution is 2.08. The van der Waals surface area contributed by atoms with Gasteiger partial charge in [0, 0.05) is 45.3 Å². The lowest BCUT2D eigenvalue weighted by Crippen LogP contribution is -2.46. The van der Waals surface area contributed by atoms with Gasteiger partial charge in [0.15, 0.2) is 0 Å². The summed E-state index contributed by atoms with van der Waals surface area (Å²) in [6.07, 6.45) is 0. The topological polar surface area (TPSA) is 74.0 Å². The molecule has 0 atom stereocenters. The summed E-state index contributed by atoms with van der Waals surface area (Å²) in [5.74, 6) is 0. The van der Waals surface area contributed by atoms with Crippen LogP contribution in [0.3, 0.4) is 0 Å². The molecule has 0 spiro atoms. The normalized spacial score (nSPS) is 17.9. The summed E-state index contributed by atoms with van der Waals surface area (Å²) >= 11 is 1.37. The summed E-state index contributed by atoms with van der Waals surface area (Å²) in [6.45, 7) is 5.40. The van der Waals surface area contributed by atoms with Crippen LogP contribution in [0.2, 0.25) is 0 Å². The van der Waals surface area contributed by atoms with E-state index in [0.717, 1.165) is 38.4 Å². The van der Waals surface area contributed by atoms with E-state index in [1.54, 1.807) is 11.6 Å². The molecular formula is C12H17N5O2S. The maximum atomic E-state index is 11.9. The number of aliphatic hydroxyl groups excluding tert-OH is 1. The average Bonchev–Trinajstić information content (AvgIpc) is 2.90. The Hall–Kier alpha value is -1.35. The molecule has 1 fully saturated rings. The smallest absolute Gasteiger partial charge is 0.275 e. The molecular weight excluding hydrogens is 278 g/mol. The molecule has 1 saturated heterocycles. The van der Waals surface area contributed by atoms with E-state index >= 15 is 0 Å². The van der Waals surface area contributed by atoms with Crippen LogP contribution >= 0.6 is 11.3 Å². The monoisotopic (exact) mass is 295 g/mol.